The van der Waals surface area contributed by atoms with Crippen molar-refractivity contribution in [2.45, 2.75) is 32.0 Å². The SMILES string of the molecule is CC(=O)Nc1ccc(NCC(=O)N(C)CC(=O)NC2CC2)c(C(F)(F)F)c1. The minimum atomic E-state index is -4.67. The summed E-state index contributed by atoms with van der Waals surface area (Å²) in [7, 11) is 1.40. The van der Waals surface area contributed by atoms with Gasteiger partial charge in [-0.2, -0.15) is 13.2 Å². The molecule has 10 heteroatoms. The summed E-state index contributed by atoms with van der Waals surface area (Å²) < 4.78 is 39.7. The monoisotopic (exact) mass is 386 g/mol. The Morgan fingerprint density at radius 2 is 1.89 bits per heavy atom. The van der Waals surface area contributed by atoms with Gasteiger partial charge in [-0.05, 0) is 31.0 Å². The zero-order valence-corrected chi connectivity index (χ0v) is 14.9. The summed E-state index contributed by atoms with van der Waals surface area (Å²) in [5, 5.41) is 7.46. The minimum absolute atomic E-state index is 0.000525. The molecule has 7 nitrogen and oxygen atoms in total. The number of hydrogen-bond acceptors (Lipinski definition) is 4. The van der Waals surface area contributed by atoms with Gasteiger partial charge in [0.2, 0.25) is 17.7 Å². The third-order valence-electron chi connectivity index (χ3n) is 3.82. The largest absolute Gasteiger partial charge is 0.418 e. The standard InChI is InChI=1S/C17H21F3N4O3/c1-10(25)22-12-5-6-14(13(7-12)17(18,19)20)21-8-16(27)24(2)9-15(26)23-11-3-4-11/h5-7,11,21H,3-4,8-9H2,1-2H3,(H,22,25)(H,23,26). The number of nitrogens with zero attached hydrogens (tertiary/aromatic N) is 1. The van der Waals surface area contributed by atoms with Crippen molar-refractivity contribution < 1.29 is 27.6 Å². The normalized spacial score (nSPS) is 13.7. The van der Waals surface area contributed by atoms with Crippen molar-refractivity contribution in [1.29, 1.82) is 0 Å². The van der Waals surface area contributed by atoms with Gasteiger partial charge in [-0.3, -0.25) is 14.4 Å². The van der Waals surface area contributed by atoms with Crippen molar-refractivity contribution in [1.82, 2.24) is 10.2 Å². The van der Waals surface area contributed by atoms with E-state index in [9.17, 15) is 27.6 Å². The van der Waals surface area contributed by atoms with Crippen molar-refractivity contribution in [2.24, 2.45) is 0 Å². The van der Waals surface area contributed by atoms with E-state index < -0.39 is 30.1 Å². The molecule has 1 saturated carbocycles. The molecule has 0 spiro atoms. The molecule has 0 unspecified atom stereocenters. The van der Waals surface area contributed by atoms with Gasteiger partial charge in [0.05, 0.1) is 18.7 Å². The van der Waals surface area contributed by atoms with E-state index in [4.69, 9.17) is 0 Å². The average Bonchev–Trinajstić information content (AvgIpc) is 3.35. The van der Waals surface area contributed by atoms with Crippen molar-refractivity contribution in [3.63, 3.8) is 0 Å². The Morgan fingerprint density at radius 1 is 1.22 bits per heavy atom. The Bertz CT molecular complexity index is 733. The van der Waals surface area contributed by atoms with E-state index in [0.717, 1.165) is 29.9 Å². The van der Waals surface area contributed by atoms with Gasteiger partial charge in [0, 0.05) is 31.4 Å². The number of amides is 3. The zero-order valence-electron chi connectivity index (χ0n) is 14.9. The van der Waals surface area contributed by atoms with Crippen LogP contribution in [0.1, 0.15) is 25.3 Å². The Morgan fingerprint density at radius 3 is 2.44 bits per heavy atom. The lowest BCUT2D eigenvalue weighted by Crippen LogP contribution is -2.41. The van der Waals surface area contributed by atoms with Gasteiger partial charge in [-0.15, -0.1) is 0 Å². The van der Waals surface area contributed by atoms with Gasteiger partial charge in [0.15, 0.2) is 0 Å². The highest BCUT2D eigenvalue weighted by Crippen LogP contribution is 2.36. The number of carbonyl (C=O) groups is 3. The Kier molecular flexibility index (Phi) is 6.29. The highest BCUT2D eigenvalue weighted by atomic mass is 19.4. The van der Waals surface area contributed by atoms with Crippen LogP contribution in [0.2, 0.25) is 0 Å². The van der Waals surface area contributed by atoms with E-state index in [2.05, 4.69) is 16.0 Å². The molecule has 0 atom stereocenters. The summed E-state index contributed by atoms with van der Waals surface area (Å²) in [5.41, 5.74) is -1.29. The Balaban J connectivity index is 1.99. The predicted octanol–water partition coefficient (Wildman–Crippen LogP) is 1.81. The van der Waals surface area contributed by atoms with E-state index in [1.807, 2.05) is 0 Å². The number of carbonyl (C=O) groups excluding carboxylic acids is 3. The van der Waals surface area contributed by atoms with Crippen LogP contribution in [0.25, 0.3) is 0 Å². The second kappa shape index (κ2) is 8.28. The van der Waals surface area contributed by atoms with E-state index in [1.165, 1.54) is 20.0 Å². The molecule has 0 radical (unpaired) electrons. The Hall–Kier alpha value is -2.78. The summed E-state index contributed by atoms with van der Waals surface area (Å²) in [4.78, 5) is 35.9. The summed E-state index contributed by atoms with van der Waals surface area (Å²) in [6.45, 7) is 0.619. The number of alkyl halides is 3. The molecule has 0 aromatic heterocycles. The maximum absolute atomic E-state index is 13.2. The third-order valence-corrected chi connectivity index (χ3v) is 3.82. The van der Waals surface area contributed by atoms with Gasteiger partial charge in [-0.25, -0.2) is 0 Å². The number of likely N-dealkylation sites (N-methyl/N-ethyl adjacent to an activating group) is 1. The zero-order chi connectivity index (χ0) is 20.2. The van der Waals surface area contributed by atoms with Crippen LogP contribution in [0.3, 0.4) is 0 Å². The van der Waals surface area contributed by atoms with Gasteiger partial charge >= 0.3 is 6.18 Å². The fourth-order valence-corrected chi connectivity index (χ4v) is 2.32. The molecule has 1 fully saturated rings. The molecule has 0 saturated heterocycles. The van der Waals surface area contributed by atoms with Crippen molar-refractivity contribution >= 4 is 29.1 Å². The number of halogens is 3. The smallest absolute Gasteiger partial charge is 0.376 e. The van der Waals surface area contributed by atoms with Gasteiger partial charge in [-0.1, -0.05) is 0 Å². The topological polar surface area (TPSA) is 90.5 Å². The molecule has 3 amide bonds. The molecule has 2 rings (SSSR count). The maximum atomic E-state index is 13.2. The van der Waals surface area contributed by atoms with Crippen LogP contribution in [-0.2, 0) is 20.6 Å². The van der Waals surface area contributed by atoms with Crippen molar-refractivity contribution in [3.8, 4) is 0 Å². The molecule has 0 bridgehead atoms. The summed E-state index contributed by atoms with van der Waals surface area (Å²) >= 11 is 0. The van der Waals surface area contributed by atoms with Crippen LogP contribution in [-0.4, -0.2) is 48.8 Å². The lowest BCUT2D eigenvalue weighted by Gasteiger charge is -2.19. The predicted molar refractivity (Wildman–Crippen MR) is 93.0 cm³/mol. The summed E-state index contributed by atoms with van der Waals surface area (Å²) in [6.07, 6.45) is -2.84. The van der Waals surface area contributed by atoms with Crippen molar-refractivity contribution in [2.75, 3.05) is 30.8 Å². The molecule has 0 aliphatic heterocycles. The fraction of sp³-hybridized carbons (Fsp3) is 0.471. The highest BCUT2D eigenvalue weighted by Gasteiger charge is 2.34. The van der Waals surface area contributed by atoms with Gasteiger partial charge in [0.1, 0.15) is 0 Å². The first-order chi connectivity index (χ1) is 12.6. The first-order valence-corrected chi connectivity index (χ1v) is 8.32. The highest BCUT2D eigenvalue weighted by molar-refractivity contribution is 5.89. The van der Waals surface area contributed by atoms with Crippen LogP contribution >= 0.6 is 0 Å². The van der Waals surface area contributed by atoms with Crippen LogP contribution in [0.5, 0.6) is 0 Å². The van der Waals surface area contributed by atoms with Crippen LogP contribution in [0.15, 0.2) is 18.2 Å². The van der Waals surface area contributed by atoms with Crippen LogP contribution in [0.4, 0.5) is 24.5 Å². The molecule has 1 aromatic carbocycles. The summed E-state index contributed by atoms with van der Waals surface area (Å²) in [6, 6.07) is 3.40. The molecule has 1 aromatic rings. The lowest BCUT2D eigenvalue weighted by atomic mass is 10.1. The molecular formula is C17H21F3N4O3. The van der Waals surface area contributed by atoms with E-state index >= 15 is 0 Å². The number of anilines is 2. The number of rotatable bonds is 7. The number of benzene rings is 1. The molecule has 3 N–H and O–H groups in total. The molecular weight excluding hydrogens is 365 g/mol. The molecule has 148 valence electrons. The second-order valence-electron chi connectivity index (χ2n) is 6.38. The quantitative estimate of drug-likeness (QED) is 0.667. The first-order valence-electron chi connectivity index (χ1n) is 8.32. The lowest BCUT2D eigenvalue weighted by molar-refractivity contribution is -0.137. The molecule has 1 aliphatic rings. The van der Waals surface area contributed by atoms with E-state index in [1.54, 1.807) is 0 Å². The molecule has 1 aliphatic carbocycles. The van der Waals surface area contributed by atoms with Gasteiger partial charge < -0.3 is 20.9 Å². The second-order valence-corrected chi connectivity index (χ2v) is 6.38. The van der Waals surface area contributed by atoms with Crippen molar-refractivity contribution in [3.05, 3.63) is 23.8 Å². The first kappa shape index (κ1) is 20.5. The van der Waals surface area contributed by atoms with Crippen LogP contribution in [0, 0.1) is 0 Å². The Labute approximate surface area is 154 Å². The fourth-order valence-electron chi connectivity index (χ4n) is 2.32. The third kappa shape index (κ3) is 6.46. The van der Waals surface area contributed by atoms with Gasteiger partial charge in [0.25, 0.3) is 0 Å². The van der Waals surface area contributed by atoms with Crippen LogP contribution < -0.4 is 16.0 Å². The average molecular weight is 386 g/mol. The number of hydrogen-bond donors (Lipinski definition) is 3. The summed E-state index contributed by atoms with van der Waals surface area (Å²) in [5.74, 6) is -1.32. The van der Waals surface area contributed by atoms with E-state index in [0.29, 0.717) is 0 Å². The number of nitrogens with one attached hydrogen (secondary N) is 3. The van der Waals surface area contributed by atoms with E-state index in [-0.39, 0.29) is 29.9 Å². The molecule has 27 heavy (non-hydrogen) atoms. The maximum Gasteiger partial charge on any atom is 0.418 e. The molecule has 0 heterocycles. The minimum Gasteiger partial charge on any atom is -0.376 e.